The fourth-order valence-corrected chi connectivity index (χ4v) is 4.04. The van der Waals surface area contributed by atoms with E-state index in [4.69, 9.17) is 4.74 Å². The molecule has 1 aliphatic rings. The topological polar surface area (TPSA) is 75.6 Å². The molecule has 1 aromatic heterocycles. The number of amides is 2. The summed E-state index contributed by atoms with van der Waals surface area (Å²) in [6.45, 7) is 8.54. The molecular formula is C26H30N4O3. The molecule has 0 radical (unpaired) electrons. The van der Waals surface area contributed by atoms with Crippen LogP contribution in [-0.2, 0) is 4.74 Å². The lowest BCUT2D eigenvalue weighted by Crippen LogP contribution is -2.51. The molecule has 4 rings (SSSR count). The van der Waals surface area contributed by atoms with Crippen molar-refractivity contribution >= 4 is 22.8 Å². The minimum Gasteiger partial charge on any atom is -0.373 e. The van der Waals surface area contributed by atoms with E-state index in [-0.39, 0.29) is 17.9 Å². The number of fused-ring (bicyclic) bond motifs is 1. The zero-order chi connectivity index (χ0) is 23.4. The van der Waals surface area contributed by atoms with Crippen molar-refractivity contribution in [3.8, 4) is 0 Å². The molecule has 0 N–H and O–H groups in total. The Morgan fingerprint density at radius 2 is 1.85 bits per heavy atom. The van der Waals surface area contributed by atoms with Gasteiger partial charge in [0.15, 0.2) is 0 Å². The van der Waals surface area contributed by atoms with Gasteiger partial charge in [0, 0.05) is 31.7 Å². The van der Waals surface area contributed by atoms with E-state index in [0.717, 1.165) is 11.1 Å². The van der Waals surface area contributed by atoms with Gasteiger partial charge in [0.2, 0.25) is 0 Å². The number of para-hydroxylation sites is 2. The minimum absolute atomic E-state index is 0.0175. The number of carbonyl (C=O) groups excluding carboxylic acids is 2. The Hall–Kier alpha value is -3.32. The molecule has 0 aliphatic carbocycles. The summed E-state index contributed by atoms with van der Waals surface area (Å²) in [6.07, 6.45) is 1.27. The third-order valence-electron chi connectivity index (χ3n) is 5.69. The smallest absolute Gasteiger partial charge is 0.274 e. The van der Waals surface area contributed by atoms with Crippen LogP contribution in [0.25, 0.3) is 11.0 Å². The van der Waals surface area contributed by atoms with E-state index in [1.807, 2.05) is 60.4 Å². The predicted octanol–water partition coefficient (Wildman–Crippen LogP) is 3.58. The van der Waals surface area contributed by atoms with Gasteiger partial charge in [-0.3, -0.25) is 14.6 Å². The molecule has 2 amide bonds. The first-order valence-electron chi connectivity index (χ1n) is 11.4. The summed E-state index contributed by atoms with van der Waals surface area (Å²) in [5.74, 6) is 0.131. The number of morpholine rings is 1. The first-order chi connectivity index (χ1) is 15.9. The van der Waals surface area contributed by atoms with Crippen LogP contribution in [0.4, 0.5) is 0 Å². The highest BCUT2D eigenvalue weighted by Gasteiger charge is 2.29. The monoisotopic (exact) mass is 446 g/mol. The number of hydrogen-bond acceptors (Lipinski definition) is 5. The van der Waals surface area contributed by atoms with E-state index in [2.05, 4.69) is 23.8 Å². The lowest BCUT2D eigenvalue weighted by Gasteiger charge is -2.36. The number of aromatic nitrogens is 2. The normalized spacial score (nSPS) is 16.2. The maximum atomic E-state index is 13.2. The summed E-state index contributed by atoms with van der Waals surface area (Å²) in [4.78, 5) is 38.8. The molecule has 0 spiro atoms. The van der Waals surface area contributed by atoms with Crippen LogP contribution in [0.1, 0.15) is 40.3 Å². The van der Waals surface area contributed by atoms with Gasteiger partial charge >= 0.3 is 0 Å². The Balaban J connectivity index is 1.46. The molecule has 1 saturated heterocycles. The number of ether oxygens (including phenoxy) is 1. The Labute approximate surface area is 194 Å². The number of nitrogens with zero attached hydrogens (tertiary/aromatic N) is 4. The highest BCUT2D eigenvalue weighted by atomic mass is 16.5. The number of benzene rings is 2. The Morgan fingerprint density at radius 3 is 2.58 bits per heavy atom. The Bertz CT molecular complexity index is 1130. The summed E-state index contributed by atoms with van der Waals surface area (Å²) in [6, 6.07) is 15.1. The average Bonchev–Trinajstić information content (AvgIpc) is 2.83. The molecule has 3 aromatic rings. The van der Waals surface area contributed by atoms with Gasteiger partial charge in [0.05, 0.1) is 29.9 Å². The fourth-order valence-electron chi connectivity index (χ4n) is 4.04. The molecule has 33 heavy (non-hydrogen) atoms. The third-order valence-corrected chi connectivity index (χ3v) is 5.69. The van der Waals surface area contributed by atoms with Gasteiger partial charge in [-0.15, -0.1) is 0 Å². The van der Waals surface area contributed by atoms with Gasteiger partial charge < -0.3 is 14.5 Å². The fraction of sp³-hybridized carbons (Fsp3) is 0.385. The van der Waals surface area contributed by atoms with Crippen molar-refractivity contribution in [2.75, 3.05) is 32.8 Å². The first-order valence-corrected chi connectivity index (χ1v) is 11.4. The third kappa shape index (κ3) is 5.54. The van der Waals surface area contributed by atoms with Crippen LogP contribution >= 0.6 is 0 Å². The van der Waals surface area contributed by atoms with Crippen LogP contribution < -0.4 is 0 Å². The Morgan fingerprint density at radius 1 is 1.12 bits per heavy atom. The van der Waals surface area contributed by atoms with E-state index in [1.54, 1.807) is 4.90 Å². The average molecular weight is 447 g/mol. The van der Waals surface area contributed by atoms with Crippen molar-refractivity contribution in [2.45, 2.75) is 26.9 Å². The molecule has 7 heteroatoms. The second kappa shape index (κ2) is 10.1. The van der Waals surface area contributed by atoms with Crippen molar-refractivity contribution in [3.05, 3.63) is 71.5 Å². The van der Waals surface area contributed by atoms with E-state index >= 15 is 0 Å². The van der Waals surface area contributed by atoms with Crippen molar-refractivity contribution in [1.29, 1.82) is 0 Å². The van der Waals surface area contributed by atoms with Gasteiger partial charge in [-0.25, -0.2) is 4.98 Å². The lowest BCUT2D eigenvalue weighted by atomic mass is 10.1. The van der Waals surface area contributed by atoms with Crippen molar-refractivity contribution in [3.63, 3.8) is 0 Å². The van der Waals surface area contributed by atoms with Gasteiger partial charge in [-0.05, 0) is 37.1 Å². The molecule has 1 aliphatic heterocycles. The predicted molar refractivity (Wildman–Crippen MR) is 127 cm³/mol. The van der Waals surface area contributed by atoms with E-state index in [9.17, 15) is 9.59 Å². The quantitative estimate of drug-likeness (QED) is 0.579. The second-order valence-electron chi connectivity index (χ2n) is 8.96. The van der Waals surface area contributed by atoms with Crippen LogP contribution in [0, 0.1) is 12.8 Å². The molecule has 0 bridgehead atoms. The standard InChI is InChI=1S/C26H30N4O3/c1-18(2)15-30(25(31)20-10-8-19(3)9-11-20)17-21-16-29(12-13-33-21)26(32)24-14-27-22-6-4-5-7-23(22)28-24/h4-11,14,18,21H,12-13,15-17H2,1-3H3/t21-/m1/s1. The summed E-state index contributed by atoms with van der Waals surface area (Å²) in [7, 11) is 0. The van der Waals surface area contributed by atoms with Gasteiger partial charge in [-0.2, -0.15) is 0 Å². The number of aryl methyl sites for hydroxylation is 1. The highest BCUT2D eigenvalue weighted by Crippen LogP contribution is 2.16. The van der Waals surface area contributed by atoms with Crippen molar-refractivity contribution in [2.24, 2.45) is 5.92 Å². The summed E-state index contributed by atoms with van der Waals surface area (Å²) in [5, 5.41) is 0. The second-order valence-corrected chi connectivity index (χ2v) is 8.96. The molecule has 1 atom stereocenters. The number of carbonyl (C=O) groups is 2. The maximum Gasteiger partial charge on any atom is 0.274 e. The van der Waals surface area contributed by atoms with E-state index < -0.39 is 0 Å². The molecule has 2 heterocycles. The van der Waals surface area contributed by atoms with Crippen LogP contribution in [0.2, 0.25) is 0 Å². The van der Waals surface area contributed by atoms with E-state index in [0.29, 0.717) is 55.5 Å². The summed E-state index contributed by atoms with van der Waals surface area (Å²) in [5.41, 5.74) is 3.55. The zero-order valence-electron chi connectivity index (χ0n) is 19.4. The Kier molecular flexibility index (Phi) is 6.99. The van der Waals surface area contributed by atoms with Gasteiger partial charge in [-0.1, -0.05) is 43.7 Å². The van der Waals surface area contributed by atoms with Crippen molar-refractivity contribution in [1.82, 2.24) is 19.8 Å². The molecule has 0 unspecified atom stereocenters. The molecular weight excluding hydrogens is 416 g/mol. The zero-order valence-corrected chi connectivity index (χ0v) is 19.4. The lowest BCUT2D eigenvalue weighted by molar-refractivity contribution is -0.0341. The molecule has 2 aromatic carbocycles. The maximum absolute atomic E-state index is 13.2. The minimum atomic E-state index is -0.260. The van der Waals surface area contributed by atoms with Gasteiger partial charge in [0.25, 0.3) is 11.8 Å². The number of hydrogen-bond donors (Lipinski definition) is 0. The van der Waals surface area contributed by atoms with Crippen LogP contribution in [0.3, 0.4) is 0 Å². The first kappa shape index (κ1) is 22.9. The van der Waals surface area contributed by atoms with Crippen LogP contribution in [0.5, 0.6) is 0 Å². The van der Waals surface area contributed by atoms with Crippen LogP contribution in [-0.4, -0.2) is 70.5 Å². The SMILES string of the molecule is Cc1ccc(C(=O)N(CC(C)C)C[C@H]2CN(C(=O)c3cnc4ccccc4n3)CCO2)cc1. The highest BCUT2D eigenvalue weighted by molar-refractivity contribution is 5.95. The largest absolute Gasteiger partial charge is 0.373 e. The van der Waals surface area contributed by atoms with Gasteiger partial charge in [0.1, 0.15) is 5.69 Å². The summed E-state index contributed by atoms with van der Waals surface area (Å²) >= 11 is 0. The van der Waals surface area contributed by atoms with Crippen LogP contribution in [0.15, 0.2) is 54.7 Å². The molecule has 7 nitrogen and oxygen atoms in total. The van der Waals surface area contributed by atoms with E-state index in [1.165, 1.54) is 6.20 Å². The number of rotatable bonds is 6. The van der Waals surface area contributed by atoms with Crippen molar-refractivity contribution < 1.29 is 14.3 Å². The molecule has 0 saturated carbocycles. The summed E-state index contributed by atoms with van der Waals surface area (Å²) < 4.78 is 5.96. The molecule has 172 valence electrons. The molecule has 1 fully saturated rings.